The minimum atomic E-state index is -0.839. The van der Waals surface area contributed by atoms with Gasteiger partial charge in [0.15, 0.2) is 11.6 Å². The zero-order valence-electron chi connectivity index (χ0n) is 13.4. The van der Waals surface area contributed by atoms with Crippen LogP contribution in [0.25, 0.3) is 0 Å². The van der Waals surface area contributed by atoms with Crippen molar-refractivity contribution in [3.63, 3.8) is 0 Å². The van der Waals surface area contributed by atoms with Crippen LogP contribution in [0.2, 0.25) is 0 Å². The summed E-state index contributed by atoms with van der Waals surface area (Å²) in [4.78, 5) is 28.6. The molecule has 126 valence electrons. The van der Waals surface area contributed by atoms with Crippen molar-refractivity contribution in [3.8, 4) is 0 Å². The van der Waals surface area contributed by atoms with Crippen LogP contribution in [0.1, 0.15) is 37.6 Å². The summed E-state index contributed by atoms with van der Waals surface area (Å²) in [6, 6.07) is 1.07. The standard InChI is InChI=1S/C15H21FN4O3/c1-15(2,3)23-14(22)19-9-5-7-20(8-9)13-11(16)10(12(17)21)4-6-18-13/h4,6,9H,5,7-8H2,1-3H3,(H2,17,21)(H,19,22). The van der Waals surface area contributed by atoms with Gasteiger partial charge in [-0.25, -0.2) is 14.2 Å². The first kappa shape index (κ1) is 17.0. The van der Waals surface area contributed by atoms with Crippen LogP contribution in [0.15, 0.2) is 12.3 Å². The second-order valence-corrected chi connectivity index (χ2v) is 6.44. The van der Waals surface area contributed by atoms with Crippen LogP contribution in [0.4, 0.5) is 15.0 Å². The first-order valence-electron chi connectivity index (χ1n) is 7.36. The largest absolute Gasteiger partial charge is 0.444 e. The van der Waals surface area contributed by atoms with E-state index in [9.17, 15) is 14.0 Å². The highest BCUT2D eigenvalue weighted by Gasteiger charge is 2.29. The maximum atomic E-state index is 14.3. The fourth-order valence-corrected chi connectivity index (χ4v) is 2.39. The molecule has 1 atom stereocenters. The lowest BCUT2D eigenvalue weighted by Gasteiger charge is -2.22. The van der Waals surface area contributed by atoms with E-state index in [0.29, 0.717) is 19.5 Å². The SMILES string of the molecule is CC(C)(C)OC(=O)NC1CCN(c2nccc(C(N)=O)c2F)C1. The van der Waals surface area contributed by atoms with Crippen molar-refractivity contribution >= 4 is 17.8 Å². The first-order chi connectivity index (χ1) is 10.7. The van der Waals surface area contributed by atoms with E-state index in [1.54, 1.807) is 25.7 Å². The van der Waals surface area contributed by atoms with Gasteiger partial charge in [0, 0.05) is 19.3 Å². The third-order valence-electron chi connectivity index (χ3n) is 3.34. The molecule has 7 nitrogen and oxygen atoms in total. The van der Waals surface area contributed by atoms with Crippen LogP contribution >= 0.6 is 0 Å². The Morgan fingerprint density at radius 2 is 2.17 bits per heavy atom. The van der Waals surface area contributed by atoms with Gasteiger partial charge in [-0.05, 0) is 33.3 Å². The number of carbonyl (C=O) groups excluding carboxylic acids is 2. The van der Waals surface area contributed by atoms with Crippen LogP contribution in [0.3, 0.4) is 0 Å². The number of carbonyl (C=O) groups is 2. The summed E-state index contributed by atoms with van der Waals surface area (Å²) in [5, 5.41) is 2.75. The number of amides is 2. The Balaban J connectivity index is 2.02. The first-order valence-corrected chi connectivity index (χ1v) is 7.36. The van der Waals surface area contributed by atoms with Crippen LogP contribution in [0, 0.1) is 5.82 Å². The second kappa shape index (κ2) is 6.39. The molecule has 2 amide bonds. The van der Waals surface area contributed by atoms with E-state index in [1.807, 2.05) is 0 Å². The molecule has 2 heterocycles. The number of hydrogen-bond donors (Lipinski definition) is 2. The molecule has 0 bridgehead atoms. The number of aromatic nitrogens is 1. The molecular weight excluding hydrogens is 303 g/mol. The van der Waals surface area contributed by atoms with Crippen LogP contribution < -0.4 is 16.0 Å². The minimum Gasteiger partial charge on any atom is -0.444 e. The summed E-state index contributed by atoms with van der Waals surface area (Å²) in [5.41, 5.74) is 4.36. The van der Waals surface area contributed by atoms with Gasteiger partial charge in [-0.3, -0.25) is 4.79 Å². The highest BCUT2D eigenvalue weighted by molar-refractivity contribution is 5.93. The summed E-state index contributed by atoms with van der Waals surface area (Å²) < 4.78 is 19.5. The lowest BCUT2D eigenvalue weighted by atomic mass is 10.2. The highest BCUT2D eigenvalue weighted by Crippen LogP contribution is 2.23. The lowest BCUT2D eigenvalue weighted by molar-refractivity contribution is 0.0509. The number of ether oxygens (including phenoxy) is 1. The Morgan fingerprint density at radius 1 is 1.48 bits per heavy atom. The van der Waals surface area contributed by atoms with Crippen molar-refractivity contribution < 1.29 is 18.7 Å². The molecule has 0 aromatic carbocycles. The lowest BCUT2D eigenvalue weighted by Crippen LogP contribution is -2.40. The van der Waals surface area contributed by atoms with Crippen molar-refractivity contribution in [3.05, 3.63) is 23.6 Å². The maximum absolute atomic E-state index is 14.3. The van der Waals surface area contributed by atoms with Gasteiger partial charge in [-0.15, -0.1) is 0 Å². The third kappa shape index (κ3) is 4.30. The Morgan fingerprint density at radius 3 is 2.78 bits per heavy atom. The van der Waals surface area contributed by atoms with Gasteiger partial charge in [-0.1, -0.05) is 0 Å². The Hall–Kier alpha value is -2.38. The fraction of sp³-hybridized carbons (Fsp3) is 0.533. The number of pyridine rings is 1. The van der Waals surface area contributed by atoms with Crippen molar-refractivity contribution in [2.45, 2.75) is 38.8 Å². The van der Waals surface area contributed by atoms with Crippen molar-refractivity contribution in [1.82, 2.24) is 10.3 Å². The molecule has 1 aliphatic heterocycles. The Labute approximate surface area is 134 Å². The number of rotatable bonds is 3. The molecule has 2 rings (SSSR count). The molecule has 0 spiro atoms. The number of nitrogens with one attached hydrogen (secondary N) is 1. The number of nitrogens with zero attached hydrogens (tertiary/aromatic N) is 2. The monoisotopic (exact) mass is 324 g/mol. The van der Waals surface area contributed by atoms with E-state index in [0.717, 1.165) is 0 Å². The number of alkyl carbamates (subject to hydrolysis) is 1. The van der Waals surface area contributed by atoms with Gasteiger partial charge < -0.3 is 20.7 Å². The topological polar surface area (TPSA) is 97.6 Å². The second-order valence-electron chi connectivity index (χ2n) is 6.44. The molecule has 3 N–H and O–H groups in total. The van der Waals surface area contributed by atoms with E-state index in [2.05, 4.69) is 10.3 Å². The number of primary amides is 1. The highest BCUT2D eigenvalue weighted by atomic mass is 19.1. The maximum Gasteiger partial charge on any atom is 0.407 e. The smallest absolute Gasteiger partial charge is 0.407 e. The van der Waals surface area contributed by atoms with Gasteiger partial charge in [-0.2, -0.15) is 0 Å². The van der Waals surface area contributed by atoms with Gasteiger partial charge in [0.25, 0.3) is 5.91 Å². The zero-order chi connectivity index (χ0) is 17.2. The zero-order valence-corrected chi connectivity index (χ0v) is 13.4. The molecular formula is C15H21FN4O3. The summed E-state index contributed by atoms with van der Waals surface area (Å²) in [6.07, 6.45) is 1.46. The Kier molecular flexibility index (Phi) is 4.72. The average molecular weight is 324 g/mol. The molecule has 1 saturated heterocycles. The van der Waals surface area contributed by atoms with Crippen LogP contribution in [-0.4, -0.2) is 41.7 Å². The Bertz CT molecular complexity index is 615. The number of halogens is 1. The van der Waals surface area contributed by atoms with E-state index in [-0.39, 0.29) is 17.4 Å². The number of hydrogen-bond acceptors (Lipinski definition) is 5. The molecule has 23 heavy (non-hydrogen) atoms. The van der Waals surface area contributed by atoms with E-state index < -0.39 is 23.4 Å². The number of nitrogens with two attached hydrogens (primary N) is 1. The summed E-state index contributed by atoms with van der Waals surface area (Å²) in [6.45, 7) is 6.23. The normalized spacial score (nSPS) is 17.9. The summed E-state index contributed by atoms with van der Waals surface area (Å²) in [5.74, 6) is -1.51. The third-order valence-corrected chi connectivity index (χ3v) is 3.34. The minimum absolute atomic E-state index is 0.0646. The molecule has 0 saturated carbocycles. The summed E-state index contributed by atoms with van der Waals surface area (Å²) in [7, 11) is 0. The van der Waals surface area contributed by atoms with Crippen LogP contribution in [0.5, 0.6) is 0 Å². The molecule has 0 radical (unpaired) electrons. The van der Waals surface area contributed by atoms with Gasteiger partial charge in [0.1, 0.15) is 5.60 Å². The van der Waals surface area contributed by atoms with Crippen LogP contribution in [-0.2, 0) is 4.74 Å². The molecule has 1 fully saturated rings. The average Bonchev–Trinajstić information content (AvgIpc) is 2.84. The fourth-order valence-electron chi connectivity index (χ4n) is 2.39. The number of anilines is 1. The van der Waals surface area contributed by atoms with Gasteiger partial charge in [0.2, 0.25) is 0 Å². The molecule has 1 aromatic heterocycles. The van der Waals surface area contributed by atoms with Gasteiger partial charge in [0.05, 0.1) is 11.6 Å². The predicted octanol–water partition coefficient (Wildman–Crippen LogP) is 1.42. The van der Waals surface area contributed by atoms with E-state index in [4.69, 9.17) is 10.5 Å². The quantitative estimate of drug-likeness (QED) is 0.876. The molecule has 8 heteroatoms. The summed E-state index contributed by atoms with van der Waals surface area (Å²) >= 11 is 0. The molecule has 1 unspecified atom stereocenters. The molecule has 1 aliphatic rings. The molecule has 1 aromatic rings. The molecule has 0 aliphatic carbocycles. The van der Waals surface area contributed by atoms with Crippen molar-refractivity contribution in [1.29, 1.82) is 0 Å². The van der Waals surface area contributed by atoms with E-state index >= 15 is 0 Å². The van der Waals surface area contributed by atoms with Crippen molar-refractivity contribution in [2.24, 2.45) is 5.73 Å². The van der Waals surface area contributed by atoms with Gasteiger partial charge >= 0.3 is 6.09 Å². The predicted molar refractivity (Wildman–Crippen MR) is 82.7 cm³/mol. The van der Waals surface area contributed by atoms with Crippen molar-refractivity contribution in [2.75, 3.05) is 18.0 Å². The van der Waals surface area contributed by atoms with E-state index in [1.165, 1.54) is 12.3 Å².